The highest BCUT2D eigenvalue weighted by molar-refractivity contribution is 7.91. The predicted octanol–water partition coefficient (Wildman–Crippen LogP) is 2.98. The second-order valence-electron chi connectivity index (χ2n) is 9.78. The van der Waals surface area contributed by atoms with E-state index in [1.54, 1.807) is 24.3 Å². The van der Waals surface area contributed by atoms with Crippen LogP contribution in [0, 0.1) is 0 Å². The van der Waals surface area contributed by atoms with Crippen molar-refractivity contribution in [2.24, 2.45) is 0 Å². The molecule has 1 aromatic rings. The summed E-state index contributed by atoms with van der Waals surface area (Å²) in [5.74, 6) is 0.0524. The highest BCUT2D eigenvalue weighted by Crippen LogP contribution is 2.28. The van der Waals surface area contributed by atoms with Crippen molar-refractivity contribution in [1.29, 1.82) is 0 Å². The fourth-order valence-corrected chi connectivity index (χ4v) is 6.19. The van der Waals surface area contributed by atoms with Gasteiger partial charge in [0.05, 0.1) is 18.1 Å². The average Bonchev–Trinajstić information content (AvgIpc) is 3.05. The average molecular weight is 450 g/mol. The van der Waals surface area contributed by atoms with Crippen LogP contribution in [0.5, 0.6) is 0 Å². The van der Waals surface area contributed by atoms with Crippen LogP contribution in [0.25, 0.3) is 0 Å². The van der Waals surface area contributed by atoms with Gasteiger partial charge in [-0.1, -0.05) is 19.3 Å². The molecule has 2 fully saturated rings. The molecule has 0 aromatic heterocycles. The number of amides is 2. The molecule has 0 bridgehead atoms. The lowest BCUT2D eigenvalue weighted by molar-refractivity contribution is -0.134. The van der Waals surface area contributed by atoms with Crippen LogP contribution in [0.4, 0.5) is 5.69 Å². The molecular weight excluding hydrogens is 414 g/mol. The van der Waals surface area contributed by atoms with E-state index in [4.69, 9.17) is 0 Å². The Balaban J connectivity index is 1.63. The highest BCUT2D eigenvalue weighted by atomic mass is 32.2. The third kappa shape index (κ3) is 6.69. The first-order valence-electron chi connectivity index (χ1n) is 11.2. The van der Waals surface area contributed by atoms with Gasteiger partial charge < -0.3 is 15.5 Å². The van der Waals surface area contributed by atoms with Crippen molar-refractivity contribution in [3.63, 3.8) is 0 Å². The minimum atomic E-state index is -3.06. The number of rotatable bonds is 6. The summed E-state index contributed by atoms with van der Waals surface area (Å²) >= 11 is 0. The molecular formula is C23H35N3O4S. The molecule has 2 amide bonds. The van der Waals surface area contributed by atoms with Gasteiger partial charge in [0, 0.05) is 28.9 Å². The van der Waals surface area contributed by atoms with Gasteiger partial charge in [0.1, 0.15) is 0 Å². The van der Waals surface area contributed by atoms with Crippen molar-refractivity contribution in [3.05, 3.63) is 29.8 Å². The quantitative estimate of drug-likeness (QED) is 0.696. The molecule has 1 atom stereocenters. The van der Waals surface area contributed by atoms with Gasteiger partial charge in [0.15, 0.2) is 9.84 Å². The molecule has 1 aromatic carbocycles. The van der Waals surface area contributed by atoms with E-state index in [9.17, 15) is 18.0 Å². The molecule has 31 heavy (non-hydrogen) atoms. The first kappa shape index (κ1) is 23.6. The zero-order valence-electron chi connectivity index (χ0n) is 18.8. The molecule has 7 nitrogen and oxygen atoms in total. The number of anilines is 1. The summed E-state index contributed by atoms with van der Waals surface area (Å²) in [6.07, 6.45) is 5.76. The minimum Gasteiger partial charge on any atom is -0.376 e. The summed E-state index contributed by atoms with van der Waals surface area (Å²) < 4.78 is 24.0. The monoisotopic (exact) mass is 449 g/mol. The molecule has 0 radical (unpaired) electrons. The lowest BCUT2D eigenvalue weighted by Crippen LogP contribution is -2.50. The number of nitrogens with zero attached hydrogens (tertiary/aromatic N) is 1. The summed E-state index contributed by atoms with van der Waals surface area (Å²) in [5, 5.41) is 6.08. The molecule has 1 saturated heterocycles. The zero-order chi connectivity index (χ0) is 22.6. The summed E-state index contributed by atoms with van der Waals surface area (Å²) in [7, 11) is -3.06. The van der Waals surface area contributed by atoms with Crippen molar-refractivity contribution < 1.29 is 18.0 Å². The smallest absolute Gasteiger partial charge is 0.251 e. The molecule has 2 aliphatic rings. The third-order valence-electron chi connectivity index (χ3n) is 5.94. The number of carbonyl (C=O) groups excluding carboxylic acids is 2. The van der Waals surface area contributed by atoms with Crippen LogP contribution in [-0.2, 0) is 14.6 Å². The maximum atomic E-state index is 13.2. The molecule has 1 heterocycles. The van der Waals surface area contributed by atoms with Crippen molar-refractivity contribution in [3.8, 4) is 0 Å². The second kappa shape index (κ2) is 9.59. The molecule has 1 aliphatic heterocycles. The van der Waals surface area contributed by atoms with E-state index in [1.807, 2.05) is 25.7 Å². The molecule has 8 heteroatoms. The summed E-state index contributed by atoms with van der Waals surface area (Å²) in [4.78, 5) is 27.3. The van der Waals surface area contributed by atoms with Crippen LogP contribution >= 0.6 is 0 Å². The number of hydrogen-bond donors (Lipinski definition) is 2. The summed E-state index contributed by atoms with van der Waals surface area (Å²) in [6, 6.07) is 6.95. The first-order chi connectivity index (χ1) is 14.5. The van der Waals surface area contributed by atoms with Crippen molar-refractivity contribution in [1.82, 2.24) is 10.2 Å². The molecule has 1 aliphatic carbocycles. The minimum absolute atomic E-state index is 0.0523. The van der Waals surface area contributed by atoms with Crippen LogP contribution in [0.15, 0.2) is 24.3 Å². The van der Waals surface area contributed by atoms with Crippen LogP contribution < -0.4 is 10.6 Å². The Labute approximate surface area is 185 Å². The maximum Gasteiger partial charge on any atom is 0.251 e. The second-order valence-corrected chi connectivity index (χ2v) is 12.0. The van der Waals surface area contributed by atoms with Gasteiger partial charge in [-0.2, -0.15) is 0 Å². The molecule has 172 valence electrons. The Bertz CT molecular complexity index is 884. The predicted molar refractivity (Wildman–Crippen MR) is 123 cm³/mol. The van der Waals surface area contributed by atoms with Crippen molar-refractivity contribution in [2.75, 3.05) is 23.4 Å². The molecule has 0 spiro atoms. The molecule has 1 saturated carbocycles. The topological polar surface area (TPSA) is 95.6 Å². The number of hydrogen-bond acceptors (Lipinski definition) is 5. The Hall–Kier alpha value is -2.09. The molecule has 1 unspecified atom stereocenters. The van der Waals surface area contributed by atoms with Gasteiger partial charge in [0.2, 0.25) is 5.91 Å². The van der Waals surface area contributed by atoms with Crippen LogP contribution in [0.3, 0.4) is 0 Å². The van der Waals surface area contributed by atoms with Gasteiger partial charge >= 0.3 is 0 Å². The van der Waals surface area contributed by atoms with E-state index in [-0.39, 0.29) is 47.5 Å². The number of benzene rings is 1. The lowest BCUT2D eigenvalue weighted by atomic mass is 9.93. The van der Waals surface area contributed by atoms with Crippen LogP contribution in [0.2, 0.25) is 0 Å². The molecule has 3 rings (SSSR count). The van der Waals surface area contributed by atoms with Gasteiger partial charge in [-0.3, -0.25) is 9.59 Å². The van der Waals surface area contributed by atoms with Crippen molar-refractivity contribution >= 4 is 27.3 Å². The van der Waals surface area contributed by atoms with Crippen LogP contribution in [-0.4, -0.2) is 60.8 Å². The Morgan fingerprint density at radius 3 is 2.19 bits per heavy atom. The summed E-state index contributed by atoms with van der Waals surface area (Å²) in [5.41, 5.74) is 1.01. The van der Waals surface area contributed by atoms with Gasteiger partial charge in [-0.15, -0.1) is 0 Å². The van der Waals surface area contributed by atoms with Gasteiger partial charge in [-0.05, 0) is 64.3 Å². The standard InChI is InChI=1S/C23H35N3O4S/c1-23(2,3)25-22(28)17-9-11-18(12-10-17)24-15-21(27)26(19-7-5-4-6-8-19)20-13-14-31(29,30)16-20/h9-12,19-20,24H,4-8,13-16H2,1-3H3,(H,25,28). The SMILES string of the molecule is CC(C)(C)NC(=O)c1ccc(NCC(=O)N(C2CCCCC2)C2CCS(=O)(=O)C2)cc1. The molecule has 2 N–H and O–H groups in total. The Morgan fingerprint density at radius 2 is 1.65 bits per heavy atom. The fraction of sp³-hybridized carbons (Fsp3) is 0.652. The fourth-order valence-electron chi connectivity index (χ4n) is 4.48. The highest BCUT2D eigenvalue weighted by Gasteiger charge is 2.38. The zero-order valence-corrected chi connectivity index (χ0v) is 19.6. The van der Waals surface area contributed by atoms with Crippen molar-refractivity contribution in [2.45, 2.75) is 76.9 Å². The van der Waals surface area contributed by atoms with E-state index in [0.717, 1.165) is 31.4 Å². The number of nitrogens with one attached hydrogen (secondary N) is 2. The largest absolute Gasteiger partial charge is 0.376 e. The first-order valence-corrected chi connectivity index (χ1v) is 13.0. The van der Waals surface area contributed by atoms with E-state index < -0.39 is 9.84 Å². The van der Waals surface area contributed by atoms with E-state index in [0.29, 0.717) is 12.0 Å². The van der Waals surface area contributed by atoms with E-state index in [1.165, 1.54) is 6.42 Å². The van der Waals surface area contributed by atoms with E-state index in [2.05, 4.69) is 10.6 Å². The Kier molecular flexibility index (Phi) is 7.29. The number of sulfone groups is 1. The Morgan fingerprint density at radius 1 is 1.00 bits per heavy atom. The maximum absolute atomic E-state index is 13.2. The normalized spacial score (nSPS) is 21.5. The third-order valence-corrected chi connectivity index (χ3v) is 7.69. The van der Waals surface area contributed by atoms with E-state index >= 15 is 0 Å². The van der Waals surface area contributed by atoms with Gasteiger partial charge in [-0.25, -0.2) is 8.42 Å². The number of carbonyl (C=O) groups is 2. The lowest BCUT2D eigenvalue weighted by Gasteiger charge is -2.38. The summed E-state index contributed by atoms with van der Waals surface area (Å²) in [6.45, 7) is 5.90. The van der Waals surface area contributed by atoms with Crippen LogP contribution in [0.1, 0.15) is 69.7 Å². The van der Waals surface area contributed by atoms with Gasteiger partial charge in [0.25, 0.3) is 5.91 Å².